The fraction of sp³-hybridized carbons (Fsp3) is 0.100. The Bertz CT molecular complexity index is 1200. The lowest BCUT2D eigenvalue weighted by atomic mass is 10.1. The van der Waals surface area contributed by atoms with E-state index >= 15 is 0 Å². The van der Waals surface area contributed by atoms with E-state index in [1.807, 2.05) is 6.07 Å². The summed E-state index contributed by atoms with van der Waals surface area (Å²) < 4.78 is 14.6. The Kier molecular flexibility index (Phi) is 4.44. The second-order valence-electron chi connectivity index (χ2n) is 6.28. The first-order chi connectivity index (χ1) is 13.5. The largest absolute Gasteiger partial charge is 0.301 e. The van der Waals surface area contributed by atoms with Crippen molar-refractivity contribution in [3.05, 3.63) is 93.9 Å². The summed E-state index contributed by atoms with van der Waals surface area (Å²) in [5, 5.41) is 2.87. The number of halogens is 1. The van der Waals surface area contributed by atoms with Gasteiger partial charge in [-0.2, -0.15) is 9.50 Å². The van der Waals surface area contributed by atoms with Crippen molar-refractivity contribution in [1.29, 1.82) is 0 Å². The van der Waals surface area contributed by atoms with Crippen molar-refractivity contribution >= 4 is 17.4 Å². The van der Waals surface area contributed by atoms with Crippen molar-refractivity contribution in [3.63, 3.8) is 0 Å². The molecule has 0 aliphatic carbocycles. The van der Waals surface area contributed by atoms with Crippen molar-refractivity contribution in [2.24, 2.45) is 0 Å². The van der Waals surface area contributed by atoms with E-state index in [1.165, 1.54) is 39.7 Å². The molecule has 140 valence electrons. The summed E-state index contributed by atoms with van der Waals surface area (Å²) in [7, 11) is 0. The summed E-state index contributed by atoms with van der Waals surface area (Å²) in [6.45, 7) is 1.76. The number of hydrogen-bond donors (Lipinski definition) is 1. The van der Waals surface area contributed by atoms with Crippen molar-refractivity contribution in [2.75, 3.05) is 4.90 Å². The number of fused-ring (bicyclic) bond motifs is 1. The van der Waals surface area contributed by atoms with Crippen molar-refractivity contribution in [3.8, 4) is 0 Å². The van der Waals surface area contributed by atoms with Crippen LogP contribution in [0.25, 0.3) is 5.78 Å². The molecule has 0 aliphatic rings. The maximum atomic E-state index is 13.4. The molecule has 0 radical (unpaired) electrons. The molecule has 0 bridgehead atoms. The average molecular weight is 377 g/mol. The molecule has 0 atom stereocenters. The molecule has 1 amide bonds. The van der Waals surface area contributed by atoms with Gasteiger partial charge in [0, 0.05) is 23.0 Å². The fourth-order valence-corrected chi connectivity index (χ4v) is 2.90. The number of carbonyl (C=O) groups excluding carboxylic acids is 1. The zero-order valence-corrected chi connectivity index (χ0v) is 15.0. The quantitative estimate of drug-likeness (QED) is 0.593. The SMILES string of the molecule is Cc1cc(=O)n2[nH]c(CN(C(=O)c3ccccc3)c3ccc(F)cc3)nc2n1. The van der Waals surface area contributed by atoms with Crippen LogP contribution < -0.4 is 10.5 Å². The Labute approximate surface area is 159 Å². The predicted octanol–water partition coefficient (Wildman–Crippen LogP) is 2.71. The summed E-state index contributed by atoms with van der Waals surface area (Å²) in [6, 6.07) is 15.8. The van der Waals surface area contributed by atoms with E-state index < -0.39 is 5.82 Å². The lowest BCUT2D eigenvalue weighted by Gasteiger charge is -2.22. The molecule has 4 rings (SSSR count). The summed E-state index contributed by atoms with van der Waals surface area (Å²) in [6.07, 6.45) is 0. The van der Waals surface area contributed by atoms with Crippen LogP contribution in [0.15, 0.2) is 65.5 Å². The van der Waals surface area contributed by atoms with Crippen molar-refractivity contribution in [1.82, 2.24) is 19.6 Å². The second kappa shape index (κ2) is 7.07. The summed E-state index contributed by atoms with van der Waals surface area (Å²) in [5.41, 5.74) is 1.25. The number of aromatic amines is 1. The van der Waals surface area contributed by atoms with Gasteiger partial charge in [-0.25, -0.2) is 9.37 Å². The highest BCUT2D eigenvalue weighted by atomic mass is 19.1. The first-order valence-electron chi connectivity index (χ1n) is 8.59. The van der Waals surface area contributed by atoms with Gasteiger partial charge < -0.3 is 4.90 Å². The standard InChI is InChI=1S/C20H16FN5O2/c1-13-11-18(27)26-20(22-13)23-17(24-26)12-25(16-9-7-15(21)8-10-16)19(28)14-5-3-2-4-6-14/h2-11H,12H2,1H3,(H,22,23,24). The minimum Gasteiger partial charge on any atom is -0.301 e. The molecular formula is C20H16FN5O2. The predicted molar refractivity (Wildman–Crippen MR) is 102 cm³/mol. The highest BCUT2D eigenvalue weighted by Crippen LogP contribution is 2.20. The summed E-state index contributed by atoms with van der Waals surface area (Å²) >= 11 is 0. The summed E-state index contributed by atoms with van der Waals surface area (Å²) in [5.74, 6) is -0.0648. The molecule has 2 aromatic carbocycles. The Balaban J connectivity index is 1.75. The van der Waals surface area contributed by atoms with E-state index in [0.717, 1.165) is 0 Å². The minimum atomic E-state index is -0.397. The number of nitrogens with one attached hydrogen (secondary N) is 1. The van der Waals surface area contributed by atoms with Crippen molar-refractivity contribution in [2.45, 2.75) is 13.5 Å². The van der Waals surface area contributed by atoms with Crippen molar-refractivity contribution < 1.29 is 9.18 Å². The van der Waals surface area contributed by atoms with Gasteiger partial charge in [0.25, 0.3) is 17.2 Å². The third-order valence-corrected chi connectivity index (χ3v) is 4.22. The van der Waals surface area contributed by atoms with Gasteiger partial charge in [-0.05, 0) is 43.3 Å². The van der Waals surface area contributed by atoms with Crippen LogP contribution in [0, 0.1) is 12.7 Å². The number of amides is 1. The van der Waals surface area contributed by atoms with Crippen LogP contribution in [-0.4, -0.2) is 25.5 Å². The molecule has 0 fully saturated rings. The fourth-order valence-electron chi connectivity index (χ4n) is 2.90. The zero-order chi connectivity index (χ0) is 19.7. The average Bonchev–Trinajstić information content (AvgIpc) is 3.10. The van der Waals surface area contributed by atoms with Crippen LogP contribution in [-0.2, 0) is 6.54 Å². The van der Waals surface area contributed by atoms with Gasteiger partial charge in [0.15, 0.2) is 0 Å². The molecule has 0 saturated carbocycles. The van der Waals surface area contributed by atoms with E-state index in [2.05, 4.69) is 15.1 Å². The van der Waals surface area contributed by atoms with E-state index in [0.29, 0.717) is 22.8 Å². The minimum absolute atomic E-state index is 0.0568. The van der Waals surface area contributed by atoms with E-state index in [4.69, 9.17) is 0 Å². The Morgan fingerprint density at radius 3 is 2.54 bits per heavy atom. The monoisotopic (exact) mass is 377 g/mol. The maximum Gasteiger partial charge on any atom is 0.274 e. The summed E-state index contributed by atoms with van der Waals surface area (Å²) in [4.78, 5) is 35.2. The Morgan fingerprint density at radius 2 is 1.82 bits per heavy atom. The van der Waals surface area contributed by atoms with Gasteiger partial charge in [0.2, 0.25) is 0 Å². The molecule has 7 nitrogen and oxygen atoms in total. The first kappa shape index (κ1) is 17.6. The highest BCUT2D eigenvalue weighted by Gasteiger charge is 2.20. The van der Waals surface area contributed by atoms with Gasteiger partial charge in [-0.3, -0.25) is 14.7 Å². The van der Waals surface area contributed by atoms with Gasteiger partial charge in [-0.15, -0.1) is 0 Å². The molecule has 8 heteroatoms. The van der Waals surface area contributed by atoms with E-state index in [1.54, 1.807) is 31.2 Å². The van der Waals surface area contributed by atoms with E-state index in [-0.39, 0.29) is 23.8 Å². The molecule has 4 aromatic rings. The number of nitrogens with zero attached hydrogens (tertiary/aromatic N) is 4. The Morgan fingerprint density at radius 1 is 1.11 bits per heavy atom. The first-order valence-corrected chi connectivity index (χ1v) is 8.59. The molecule has 28 heavy (non-hydrogen) atoms. The lowest BCUT2D eigenvalue weighted by Crippen LogP contribution is -2.31. The number of rotatable bonds is 4. The number of aryl methyl sites for hydroxylation is 1. The second-order valence-corrected chi connectivity index (χ2v) is 6.28. The topological polar surface area (TPSA) is 83.4 Å². The molecule has 0 aliphatic heterocycles. The van der Waals surface area contributed by atoms with Crippen LogP contribution in [0.3, 0.4) is 0 Å². The molecule has 0 spiro atoms. The van der Waals surface area contributed by atoms with E-state index in [9.17, 15) is 14.0 Å². The number of anilines is 1. The Hall–Kier alpha value is -3.81. The number of carbonyl (C=O) groups is 1. The van der Waals surface area contributed by atoms with Gasteiger partial charge >= 0.3 is 0 Å². The molecular weight excluding hydrogens is 361 g/mol. The molecule has 0 saturated heterocycles. The number of H-pyrrole nitrogens is 1. The molecule has 0 unspecified atom stereocenters. The normalized spacial score (nSPS) is 10.9. The van der Waals surface area contributed by atoms with Crippen LogP contribution in [0.2, 0.25) is 0 Å². The van der Waals surface area contributed by atoms with Crippen LogP contribution in [0.1, 0.15) is 21.9 Å². The van der Waals surface area contributed by atoms with Gasteiger partial charge in [0.1, 0.15) is 11.6 Å². The number of hydrogen-bond acceptors (Lipinski definition) is 4. The van der Waals surface area contributed by atoms with Gasteiger partial charge in [0.05, 0.1) is 6.54 Å². The van der Waals surface area contributed by atoms with Gasteiger partial charge in [-0.1, -0.05) is 18.2 Å². The molecule has 2 heterocycles. The number of aromatic nitrogens is 4. The molecule has 1 N–H and O–H groups in total. The zero-order valence-electron chi connectivity index (χ0n) is 15.0. The smallest absolute Gasteiger partial charge is 0.274 e. The maximum absolute atomic E-state index is 13.4. The molecule has 2 aromatic heterocycles. The third-order valence-electron chi connectivity index (χ3n) is 4.22. The lowest BCUT2D eigenvalue weighted by molar-refractivity contribution is 0.0984. The van der Waals surface area contributed by atoms with Crippen LogP contribution in [0.4, 0.5) is 10.1 Å². The number of benzene rings is 2. The highest BCUT2D eigenvalue weighted by molar-refractivity contribution is 6.05. The third kappa shape index (κ3) is 3.39. The van der Waals surface area contributed by atoms with Crippen LogP contribution in [0.5, 0.6) is 0 Å². The van der Waals surface area contributed by atoms with Crippen LogP contribution >= 0.6 is 0 Å².